The number of amides is 1. The molecule has 1 aromatic carbocycles. The van der Waals surface area contributed by atoms with Gasteiger partial charge in [0.25, 0.3) is 5.78 Å². The summed E-state index contributed by atoms with van der Waals surface area (Å²) in [5, 5.41) is 5.04. The summed E-state index contributed by atoms with van der Waals surface area (Å²) in [5.74, 6) is 3.20. The van der Waals surface area contributed by atoms with Crippen LogP contribution in [0, 0.1) is 6.92 Å². The van der Waals surface area contributed by atoms with Crippen molar-refractivity contribution in [1.29, 1.82) is 0 Å². The Morgan fingerprint density at radius 2 is 2.09 bits per heavy atom. The van der Waals surface area contributed by atoms with Crippen molar-refractivity contribution in [2.45, 2.75) is 18.2 Å². The molecule has 2 aromatic heterocycles. The molecule has 1 aliphatic heterocycles. The lowest BCUT2D eigenvalue weighted by molar-refractivity contribution is -0.137. The average Bonchev–Trinajstić information content (AvgIpc) is 3.26. The van der Waals surface area contributed by atoms with E-state index >= 15 is 0 Å². The van der Waals surface area contributed by atoms with Crippen molar-refractivity contribution in [3.8, 4) is 11.6 Å². The molecule has 3 heterocycles. The molecule has 11 heteroatoms. The maximum Gasteiger partial charge on any atom is 0.256 e. The monoisotopic (exact) mass is 489 g/mol. The second-order valence-corrected chi connectivity index (χ2v) is 9.28. The topological polar surface area (TPSA) is 91.1 Å². The van der Waals surface area contributed by atoms with Crippen LogP contribution in [0.2, 0.25) is 0 Å². The number of aromatic nitrogens is 4. The Hall–Kier alpha value is -2.50. The quantitative estimate of drug-likeness (QED) is 0.315. The SMILES string of the molecule is CSc1nc2nc(C)cc(OCC3CN(C(=O)CSCCOc4ccccc4)CCO3)n2n1. The molecular weight excluding hydrogens is 462 g/mol. The van der Waals surface area contributed by atoms with Gasteiger partial charge in [-0.25, -0.2) is 4.98 Å². The van der Waals surface area contributed by atoms with Crippen molar-refractivity contribution < 1.29 is 19.0 Å². The summed E-state index contributed by atoms with van der Waals surface area (Å²) in [6, 6.07) is 11.5. The van der Waals surface area contributed by atoms with Crippen LogP contribution in [0.15, 0.2) is 41.6 Å². The van der Waals surface area contributed by atoms with Crippen molar-refractivity contribution in [2.24, 2.45) is 0 Å². The van der Waals surface area contributed by atoms with Crippen LogP contribution in [-0.2, 0) is 9.53 Å². The second-order valence-electron chi connectivity index (χ2n) is 7.40. The highest BCUT2D eigenvalue weighted by Crippen LogP contribution is 2.18. The fourth-order valence-corrected chi connectivity index (χ4v) is 4.37. The number of carbonyl (C=O) groups is 1. The number of fused-ring (bicyclic) bond motifs is 1. The van der Waals surface area contributed by atoms with Crippen LogP contribution in [0.3, 0.4) is 0 Å². The summed E-state index contributed by atoms with van der Waals surface area (Å²) in [4.78, 5) is 23.3. The van der Waals surface area contributed by atoms with E-state index in [1.807, 2.05) is 54.5 Å². The van der Waals surface area contributed by atoms with Gasteiger partial charge >= 0.3 is 0 Å². The normalized spacial score (nSPS) is 16.2. The van der Waals surface area contributed by atoms with Gasteiger partial charge in [-0.15, -0.1) is 16.9 Å². The van der Waals surface area contributed by atoms with E-state index in [2.05, 4.69) is 15.1 Å². The zero-order valence-corrected chi connectivity index (χ0v) is 20.3. The molecule has 176 valence electrons. The molecule has 0 aliphatic carbocycles. The zero-order chi connectivity index (χ0) is 23.0. The Morgan fingerprint density at radius 1 is 1.24 bits per heavy atom. The summed E-state index contributed by atoms with van der Waals surface area (Å²) in [6.45, 7) is 4.36. The van der Waals surface area contributed by atoms with Gasteiger partial charge in [0.2, 0.25) is 16.9 Å². The number of benzene rings is 1. The Morgan fingerprint density at radius 3 is 2.91 bits per heavy atom. The molecule has 33 heavy (non-hydrogen) atoms. The number of nitrogens with zero attached hydrogens (tertiary/aromatic N) is 5. The molecule has 0 bridgehead atoms. The number of aryl methyl sites for hydroxylation is 1. The van der Waals surface area contributed by atoms with Gasteiger partial charge in [0.05, 0.1) is 25.5 Å². The van der Waals surface area contributed by atoms with Gasteiger partial charge in [-0.1, -0.05) is 30.0 Å². The van der Waals surface area contributed by atoms with E-state index in [-0.39, 0.29) is 12.0 Å². The Bertz CT molecular complexity index is 1070. The van der Waals surface area contributed by atoms with Crippen LogP contribution in [0.4, 0.5) is 0 Å². The minimum atomic E-state index is -0.207. The smallest absolute Gasteiger partial charge is 0.256 e. The second kappa shape index (κ2) is 11.6. The lowest BCUT2D eigenvalue weighted by Crippen LogP contribution is -2.48. The van der Waals surface area contributed by atoms with E-state index in [1.54, 1.807) is 16.3 Å². The van der Waals surface area contributed by atoms with E-state index in [9.17, 15) is 4.79 Å². The fraction of sp³-hybridized carbons (Fsp3) is 0.455. The lowest BCUT2D eigenvalue weighted by atomic mass is 10.3. The molecule has 1 atom stereocenters. The van der Waals surface area contributed by atoms with Crippen molar-refractivity contribution >= 4 is 35.2 Å². The third-order valence-electron chi connectivity index (χ3n) is 4.94. The van der Waals surface area contributed by atoms with Gasteiger partial charge in [-0.3, -0.25) is 4.79 Å². The summed E-state index contributed by atoms with van der Waals surface area (Å²) in [7, 11) is 0. The number of thioether (sulfide) groups is 2. The highest BCUT2D eigenvalue weighted by atomic mass is 32.2. The number of para-hydroxylation sites is 1. The van der Waals surface area contributed by atoms with Gasteiger partial charge in [-0.2, -0.15) is 9.50 Å². The summed E-state index contributed by atoms with van der Waals surface area (Å²) in [5.41, 5.74) is 0.798. The first-order chi connectivity index (χ1) is 16.1. The molecule has 3 aromatic rings. The van der Waals surface area contributed by atoms with Crippen LogP contribution < -0.4 is 9.47 Å². The van der Waals surface area contributed by atoms with Gasteiger partial charge in [0, 0.05) is 24.1 Å². The van der Waals surface area contributed by atoms with E-state index in [1.165, 1.54) is 11.8 Å². The first kappa shape index (κ1) is 23.7. The fourth-order valence-electron chi connectivity index (χ4n) is 3.34. The minimum absolute atomic E-state index is 0.107. The molecule has 1 unspecified atom stereocenters. The third-order valence-corrected chi connectivity index (χ3v) is 6.39. The number of ether oxygens (including phenoxy) is 3. The Labute approximate surface area is 201 Å². The van der Waals surface area contributed by atoms with E-state index in [0.29, 0.717) is 55.5 Å². The van der Waals surface area contributed by atoms with Crippen molar-refractivity contribution in [3.63, 3.8) is 0 Å². The first-order valence-electron chi connectivity index (χ1n) is 10.7. The number of carbonyl (C=O) groups excluding carboxylic acids is 1. The number of hydrogen-bond donors (Lipinski definition) is 0. The van der Waals surface area contributed by atoms with Crippen LogP contribution in [0.5, 0.6) is 11.6 Å². The summed E-state index contributed by atoms with van der Waals surface area (Å²) >= 11 is 3.03. The molecule has 1 aliphatic rings. The number of rotatable bonds is 10. The van der Waals surface area contributed by atoms with Crippen LogP contribution in [0.25, 0.3) is 5.78 Å². The van der Waals surface area contributed by atoms with Crippen molar-refractivity contribution in [1.82, 2.24) is 24.5 Å². The Kier molecular flexibility index (Phi) is 8.30. The molecule has 1 fully saturated rings. The van der Waals surface area contributed by atoms with E-state index < -0.39 is 0 Å². The van der Waals surface area contributed by atoms with Crippen LogP contribution in [-0.4, -0.2) is 87.2 Å². The van der Waals surface area contributed by atoms with E-state index in [0.717, 1.165) is 17.2 Å². The highest BCUT2D eigenvalue weighted by molar-refractivity contribution is 7.99. The number of hydrogen-bond acceptors (Lipinski definition) is 9. The largest absolute Gasteiger partial charge is 0.493 e. The minimum Gasteiger partial charge on any atom is -0.493 e. The molecular formula is C22H27N5O4S2. The van der Waals surface area contributed by atoms with Crippen LogP contribution >= 0.6 is 23.5 Å². The predicted molar refractivity (Wildman–Crippen MR) is 128 cm³/mol. The molecule has 0 N–H and O–H groups in total. The highest BCUT2D eigenvalue weighted by Gasteiger charge is 2.25. The lowest BCUT2D eigenvalue weighted by Gasteiger charge is -2.32. The average molecular weight is 490 g/mol. The summed E-state index contributed by atoms with van der Waals surface area (Å²) < 4.78 is 19.1. The molecule has 0 saturated carbocycles. The van der Waals surface area contributed by atoms with Gasteiger partial charge < -0.3 is 19.1 Å². The van der Waals surface area contributed by atoms with Crippen molar-refractivity contribution in [2.75, 3.05) is 50.7 Å². The molecule has 9 nitrogen and oxygen atoms in total. The summed E-state index contributed by atoms with van der Waals surface area (Å²) in [6.07, 6.45) is 1.71. The molecule has 0 spiro atoms. The standard InChI is InChI=1S/C22H27N5O4S2/c1-16-12-20(27-21(23-16)24-22(25-27)32-2)31-14-18-13-26(8-9-29-18)19(28)15-33-11-10-30-17-6-4-3-5-7-17/h3-7,12,18H,8-11,13-15H2,1-2H3. The molecule has 1 saturated heterocycles. The van der Waals surface area contributed by atoms with E-state index in [4.69, 9.17) is 14.2 Å². The Balaban J connectivity index is 1.23. The first-order valence-corrected chi connectivity index (χ1v) is 13.1. The predicted octanol–water partition coefficient (Wildman–Crippen LogP) is 2.57. The maximum absolute atomic E-state index is 12.6. The van der Waals surface area contributed by atoms with Gasteiger partial charge in [-0.05, 0) is 25.3 Å². The van der Waals surface area contributed by atoms with Crippen LogP contribution in [0.1, 0.15) is 5.69 Å². The van der Waals surface area contributed by atoms with Gasteiger partial charge in [0.1, 0.15) is 18.5 Å². The molecule has 1 amide bonds. The number of morpholine rings is 1. The third kappa shape index (κ3) is 6.52. The maximum atomic E-state index is 12.6. The van der Waals surface area contributed by atoms with Gasteiger partial charge in [0.15, 0.2) is 0 Å². The molecule has 0 radical (unpaired) electrons. The molecule has 4 rings (SSSR count). The zero-order valence-electron chi connectivity index (χ0n) is 18.7. The van der Waals surface area contributed by atoms with Crippen molar-refractivity contribution in [3.05, 3.63) is 42.1 Å².